The van der Waals surface area contributed by atoms with Crippen LogP contribution >= 0.6 is 0 Å². The van der Waals surface area contributed by atoms with Gasteiger partial charge < -0.3 is 24.3 Å². The molecule has 0 spiro atoms. The third-order valence-corrected chi connectivity index (χ3v) is 4.11. The van der Waals surface area contributed by atoms with Gasteiger partial charge >= 0.3 is 5.97 Å². The monoisotopic (exact) mass is 371 g/mol. The van der Waals surface area contributed by atoms with Crippen LogP contribution in [0.15, 0.2) is 42.5 Å². The molecule has 1 amide bonds. The Kier molecular flexibility index (Phi) is 5.80. The molecule has 1 heterocycles. The van der Waals surface area contributed by atoms with Crippen molar-refractivity contribution in [3.8, 4) is 17.2 Å². The molecule has 0 unspecified atom stereocenters. The molecule has 0 saturated carbocycles. The minimum absolute atomic E-state index is 0.155. The second-order valence-corrected chi connectivity index (χ2v) is 6.00. The molecule has 2 aromatic rings. The maximum Gasteiger partial charge on any atom is 0.306 e. The van der Waals surface area contributed by atoms with Crippen molar-refractivity contribution in [1.82, 2.24) is 0 Å². The normalized spacial score (nSPS) is 13.0. The number of carbonyl (C=O) groups excluding carboxylic acids is 2. The van der Waals surface area contributed by atoms with E-state index < -0.39 is 18.0 Å². The fourth-order valence-corrected chi connectivity index (χ4v) is 2.67. The largest absolute Gasteiger partial charge is 0.496 e. The van der Waals surface area contributed by atoms with Crippen LogP contribution in [0, 0.1) is 0 Å². The van der Waals surface area contributed by atoms with Crippen LogP contribution in [-0.4, -0.2) is 31.9 Å². The number of benzene rings is 2. The molecule has 1 N–H and O–H groups in total. The lowest BCUT2D eigenvalue weighted by molar-refractivity contribution is -0.153. The maximum atomic E-state index is 12.2. The van der Waals surface area contributed by atoms with Gasteiger partial charge in [0.1, 0.15) is 5.75 Å². The first-order chi connectivity index (χ1) is 13.1. The Balaban J connectivity index is 1.49. The summed E-state index contributed by atoms with van der Waals surface area (Å²) in [4.78, 5) is 24.3. The molecule has 0 aromatic heterocycles. The summed E-state index contributed by atoms with van der Waals surface area (Å²) in [7, 11) is 1.58. The first kappa shape index (κ1) is 18.6. The standard InChI is InChI=1S/C20H21NO6/c1-13(20(23)21-15-8-9-17-18(11-15)26-12-25-17)27-19(22)10-7-14-5-3-4-6-16(14)24-2/h3-6,8-9,11,13H,7,10,12H2,1-2H3,(H,21,23)/t13-/m0/s1. The minimum atomic E-state index is -0.916. The molecular weight excluding hydrogens is 350 g/mol. The van der Waals surface area contributed by atoms with Crippen molar-refractivity contribution in [3.63, 3.8) is 0 Å². The number of para-hydroxylation sites is 1. The summed E-state index contributed by atoms with van der Waals surface area (Å²) in [5.74, 6) is 1.05. The SMILES string of the molecule is COc1ccccc1CCC(=O)O[C@@H](C)C(=O)Nc1ccc2c(c1)OCO2. The molecule has 1 aliphatic rings. The number of nitrogens with one attached hydrogen (secondary N) is 1. The van der Waals surface area contributed by atoms with E-state index in [4.69, 9.17) is 18.9 Å². The molecule has 1 aliphatic heterocycles. The lowest BCUT2D eigenvalue weighted by Crippen LogP contribution is -2.30. The van der Waals surface area contributed by atoms with Crippen LogP contribution < -0.4 is 19.5 Å². The highest BCUT2D eigenvalue weighted by molar-refractivity contribution is 5.95. The number of hydrogen-bond donors (Lipinski definition) is 1. The summed E-state index contributed by atoms with van der Waals surface area (Å²) in [6.07, 6.45) is -0.290. The van der Waals surface area contributed by atoms with Crippen molar-refractivity contribution < 1.29 is 28.5 Å². The molecule has 0 saturated heterocycles. The van der Waals surface area contributed by atoms with Gasteiger partial charge in [-0.3, -0.25) is 9.59 Å². The van der Waals surface area contributed by atoms with Gasteiger partial charge in [0, 0.05) is 18.2 Å². The lowest BCUT2D eigenvalue weighted by atomic mass is 10.1. The lowest BCUT2D eigenvalue weighted by Gasteiger charge is -2.14. The number of methoxy groups -OCH3 is 1. The predicted octanol–water partition coefficient (Wildman–Crippen LogP) is 2.93. The van der Waals surface area contributed by atoms with E-state index in [1.54, 1.807) is 25.3 Å². The number of fused-ring (bicyclic) bond motifs is 1. The van der Waals surface area contributed by atoms with Gasteiger partial charge in [-0.25, -0.2) is 0 Å². The van der Waals surface area contributed by atoms with Crippen LogP contribution in [-0.2, 0) is 20.7 Å². The highest BCUT2D eigenvalue weighted by Crippen LogP contribution is 2.34. The van der Waals surface area contributed by atoms with E-state index in [1.165, 1.54) is 6.92 Å². The molecule has 7 nitrogen and oxygen atoms in total. The van der Waals surface area contributed by atoms with Crippen LogP contribution in [0.25, 0.3) is 0 Å². The van der Waals surface area contributed by atoms with Crippen LogP contribution in [0.4, 0.5) is 5.69 Å². The van der Waals surface area contributed by atoms with Gasteiger partial charge in [-0.1, -0.05) is 18.2 Å². The Morgan fingerprint density at radius 2 is 1.93 bits per heavy atom. The molecule has 0 radical (unpaired) electrons. The number of carbonyl (C=O) groups is 2. The van der Waals surface area contributed by atoms with E-state index in [1.807, 2.05) is 24.3 Å². The van der Waals surface area contributed by atoms with Gasteiger partial charge in [-0.15, -0.1) is 0 Å². The van der Waals surface area contributed by atoms with Crippen LogP contribution in [0.2, 0.25) is 0 Å². The Labute approximate surface area is 157 Å². The van der Waals surface area contributed by atoms with E-state index in [0.717, 1.165) is 11.3 Å². The summed E-state index contributed by atoms with van der Waals surface area (Å²) in [6.45, 7) is 1.69. The summed E-state index contributed by atoms with van der Waals surface area (Å²) in [5, 5.41) is 2.70. The fraction of sp³-hybridized carbons (Fsp3) is 0.300. The predicted molar refractivity (Wildman–Crippen MR) is 98.1 cm³/mol. The minimum Gasteiger partial charge on any atom is -0.496 e. The first-order valence-corrected chi connectivity index (χ1v) is 8.58. The number of aryl methyl sites for hydroxylation is 1. The van der Waals surface area contributed by atoms with Crippen LogP contribution in [0.1, 0.15) is 18.9 Å². The van der Waals surface area contributed by atoms with Crippen molar-refractivity contribution in [2.75, 3.05) is 19.2 Å². The number of ether oxygens (including phenoxy) is 4. The highest BCUT2D eigenvalue weighted by Gasteiger charge is 2.20. The molecule has 0 aliphatic carbocycles. The quantitative estimate of drug-likeness (QED) is 0.754. The molecule has 2 aromatic carbocycles. The van der Waals surface area contributed by atoms with Gasteiger partial charge in [-0.2, -0.15) is 0 Å². The van der Waals surface area contributed by atoms with Gasteiger partial charge in [0.05, 0.1) is 7.11 Å². The van der Waals surface area contributed by atoms with Crippen molar-refractivity contribution in [3.05, 3.63) is 48.0 Å². The number of esters is 1. The molecule has 142 valence electrons. The molecule has 27 heavy (non-hydrogen) atoms. The van der Waals surface area contributed by atoms with Crippen molar-refractivity contribution in [2.24, 2.45) is 0 Å². The third-order valence-electron chi connectivity index (χ3n) is 4.11. The van der Waals surface area contributed by atoms with E-state index >= 15 is 0 Å². The molecule has 3 rings (SSSR count). The first-order valence-electron chi connectivity index (χ1n) is 8.58. The smallest absolute Gasteiger partial charge is 0.306 e. The third kappa shape index (κ3) is 4.69. The summed E-state index contributed by atoms with van der Waals surface area (Å²) in [6, 6.07) is 12.5. The van der Waals surface area contributed by atoms with Gasteiger partial charge in [0.25, 0.3) is 5.91 Å². The van der Waals surface area contributed by atoms with E-state index in [-0.39, 0.29) is 13.2 Å². The summed E-state index contributed by atoms with van der Waals surface area (Å²) >= 11 is 0. The van der Waals surface area contributed by atoms with Crippen LogP contribution in [0.3, 0.4) is 0 Å². The van der Waals surface area contributed by atoms with E-state index in [2.05, 4.69) is 5.32 Å². The van der Waals surface area contributed by atoms with Crippen LogP contribution in [0.5, 0.6) is 17.2 Å². The fourth-order valence-electron chi connectivity index (χ4n) is 2.67. The summed E-state index contributed by atoms with van der Waals surface area (Å²) in [5.41, 5.74) is 1.45. The number of rotatable bonds is 7. The zero-order valence-electron chi connectivity index (χ0n) is 15.2. The van der Waals surface area contributed by atoms with Crippen molar-refractivity contribution >= 4 is 17.6 Å². The van der Waals surface area contributed by atoms with Gasteiger partial charge in [0.15, 0.2) is 17.6 Å². The molecule has 7 heteroatoms. The topological polar surface area (TPSA) is 83.1 Å². The maximum absolute atomic E-state index is 12.2. The van der Waals surface area contributed by atoms with E-state index in [9.17, 15) is 9.59 Å². The van der Waals surface area contributed by atoms with Gasteiger partial charge in [-0.05, 0) is 37.1 Å². The average molecular weight is 371 g/mol. The van der Waals surface area contributed by atoms with Gasteiger partial charge in [0.2, 0.25) is 6.79 Å². The molecule has 0 bridgehead atoms. The Hall–Kier alpha value is -3.22. The summed E-state index contributed by atoms with van der Waals surface area (Å²) < 4.78 is 21.0. The number of hydrogen-bond acceptors (Lipinski definition) is 6. The van der Waals surface area contributed by atoms with Crippen molar-refractivity contribution in [1.29, 1.82) is 0 Å². The zero-order chi connectivity index (χ0) is 19.2. The molecule has 1 atom stereocenters. The van der Waals surface area contributed by atoms with E-state index in [0.29, 0.717) is 23.6 Å². The zero-order valence-corrected chi connectivity index (χ0v) is 15.2. The molecular formula is C20H21NO6. The number of amides is 1. The highest BCUT2D eigenvalue weighted by atomic mass is 16.7. The Morgan fingerprint density at radius 3 is 2.74 bits per heavy atom. The second kappa shape index (κ2) is 8.44. The Morgan fingerprint density at radius 1 is 1.15 bits per heavy atom. The number of anilines is 1. The second-order valence-electron chi connectivity index (χ2n) is 6.00. The molecule has 0 fully saturated rings. The van der Waals surface area contributed by atoms with Crippen molar-refractivity contribution in [2.45, 2.75) is 25.9 Å². The Bertz CT molecular complexity index is 835. The average Bonchev–Trinajstić information content (AvgIpc) is 3.14.